The summed E-state index contributed by atoms with van der Waals surface area (Å²) < 4.78 is 12.1. The molecule has 0 spiro atoms. The first kappa shape index (κ1) is 18.3. The van der Waals surface area contributed by atoms with Crippen LogP contribution in [-0.4, -0.2) is 29.2 Å². The molecular formula is C20H30O3. The molecule has 1 N–H and O–H groups in total. The molecule has 3 atom stereocenters. The minimum Gasteiger partial charge on any atom is -0.380 e. The van der Waals surface area contributed by atoms with Crippen LogP contribution in [0.5, 0.6) is 0 Å². The Hall–Kier alpha value is -1.00. The predicted octanol–water partition coefficient (Wildman–Crippen LogP) is 3.64. The molecule has 0 unspecified atom stereocenters. The summed E-state index contributed by atoms with van der Waals surface area (Å²) in [7, 11) is 0. The van der Waals surface area contributed by atoms with E-state index in [4.69, 9.17) is 9.47 Å². The first-order chi connectivity index (χ1) is 11.0. The Bertz CT molecular complexity index is 482. The maximum absolute atomic E-state index is 9.38. The van der Waals surface area contributed by atoms with Crippen molar-refractivity contribution < 1.29 is 14.6 Å². The zero-order valence-corrected chi connectivity index (χ0v) is 14.7. The third kappa shape index (κ3) is 6.19. The summed E-state index contributed by atoms with van der Waals surface area (Å²) in [6.45, 7) is 5.85. The van der Waals surface area contributed by atoms with Crippen molar-refractivity contribution in [3.63, 3.8) is 0 Å². The highest BCUT2D eigenvalue weighted by Gasteiger charge is 2.41. The van der Waals surface area contributed by atoms with Gasteiger partial charge in [-0.05, 0) is 44.4 Å². The highest BCUT2D eigenvalue weighted by molar-refractivity contribution is 5.27. The first-order valence-electron chi connectivity index (χ1n) is 9.02. The van der Waals surface area contributed by atoms with Crippen LogP contribution in [0.4, 0.5) is 0 Å². The maximum Gasteiger partial charge on any atom is 0.163 e. The number of rotatable bonds is 4. The van der Waals surface area contributed by atoms with Gasteiger partial charge in [-0.15, -0.1) is 0 Å². The molecule has 3 heteroatoms. The van der Waals surface area contributed by atoms with E-state index in [2.05, 4.69) is 23.7 Å². The van der Waals surface area contributed by atoms with Crippen molar-refractivity contribution in [1.29, 1.82) is 0 Å². The molecule has 0 aromatic carbocycles. The lowest BCUT2D eigenvalue weighted by Gasteiger charge is -2.25. The lowest BCUT2D eigenvalue weighted by atomic mass is 9.84. The maximum atomic E-state index is 9.38. The van der Waals surface area contributed by atoms with Crippen molar-refractivity contribution in [1.82, 2.24) is 0 Å². The fourth-order valence-electron chi connectivity index (χ4n) is 3.45. The van der Waals surface area contributed by atoms with Gasteiger partial charge in [0, 0.05) is 6.42 Å². The molecular weight excluding hydrogens is 288 g/mol. The van der Waals surface area contributed by atoms with Gasteiger partial charge in [-0.3, -0.25) is 0 Å². The number of hydrogen-bond acceptors (Lipinski definition) is 3. The Morgan fingerprint density at radius 1 is 1.09 bits per heavy atom. The minimum atomic E-state index is -0.576. The van der Waals surface area contributed by atoms with E-state index in [-0.39, 0.29) is 12.2 Å². The monoisotopic (exact) mass is 318 g/mol. The molecule has 0 aromatic heterocycles. The van der Waals surface area contributed by atoms with Crippen molar-refractivity contribution in [2.75, 3.05) is 0 Å². The van der Waals surface area contributed by atoms with Crippen LogP contribution in [-0.2, 0) is 9.47 Å². The third-order valence-corrected chi connectivity index (χ3v) is 4.66. The van der Waals surface area contributed by atoms with Crippen LogP contribution < -0.4 is 0 Å². The molecule has 2 aliphatic rings. The smallest absolute Gasteiger partial charge is 0.163 e. The molecule has 128 valence electrons. The van der Waals surface area contributed by atoms with Crippen LogP contribution in [0.25, 0.3) is 0 Å². The summed E-state index contributed by atoms with van der Waals surface area (Å²) in [5.41, 5.74) is 0. The van der Waals surface area contributed by atoms with Crippen molar-refractivity contribution in [2.24, 2.45) is 5.92 Å². The van der Waals surface area contributed by atoms with Gasteiger partial charge >= 0.3 is 0 Å². The highest BCUT2D eigenvalue weighted by atomic mass is 16.7. The molecule has 0 aromatic rings. The molecule has 1 heterocycles. The molecule has 2 rings (SSSR count). The van der Waals surface area contributed by atoms with E-state index in [1.54, 1.807) is 0 Å². The Kier molecular flexibility index (Phi) is 6.97. The average Bonchev–Trinajstić information content (AvgIpc) is 2.81. The Balaban J connectivity index is 1.89. The van der Waals surface area contributed by atoms with Gasteiger partial charge < -0.3 is 14.6 Å². The highest BCUT2D eigenvalue weighted by Crippen LogP contribution is 2.36. The topological polar surface area (TPSA) is 38.7 Å². The summed E-state index contributed by atoms with van der Waals surface area (Å²) in [6.07, 6.45) is 8.64. The van der Waals surface area contributed by atoms with E-state index >= 15 is 0 Å². The van der Waals surface area contributed by atoms with Crippen LogP contribution >= 0.6 is 0 Å². The Labute approximate surface area is 141 Å². The van der Waals surface area contributed by atoms with Gasteiger partial charge in [0.2, 0.25) is 0 Å². The van der Waals surface area contributed by atoms with Gasteiger partial charge in [0.05, 0.1) is 12.2 Å². The van der Waals surface area contributed by atoms with E-state index in [0.717, 1.165) is 12.3 Å². The third-order valence-electron chi connectivity index (χ3n) is 4.66. The molecule has 1 saturated heterocycles. The average molecular weight is 318 g/mol. The quantitative estimate of drug-likeness (QED) is 0.804. The molecule has 0 bridgehead atoms. The van der Waals surface area contributed by atoms with Crippen molar-refractivity contribution in [2.45, 2.75) is 96.2 Å². The molecule has 3 nitrogen and oxygen atoms in total. The zero-order valence-electron chi connectivity index (χ0n) is 14.7. The van der Waals surface area contributed by atoms with Crippen molar-refractivity contribution in [3.05, 3.63) is 0 Å². The van der Waals surface area contributed by atoms with Crippen molar-refractivity contribution >= 4 is 0 Å². The largest absolute Gasteiger partial charge is 0.380 e. The molecule has 23 heavy (non-hydrogen) atoms. The summed E-state index contributed by atoms with van der Waals surface area (Å²) in [4.78, 5) is 0. The van der Waals surface area contributed by atoms with Crippen LogP contribution in [0.15, 0.2) is 0 Å². The normalized spacial score (nSPS) is 28.3. The number of aliphatic hydroxyl groups is 1. The van der Waals surface area contributed by atoms with Gasteiger partial charge in [-0.1, -0.05) is 50.9 Å². The van der Waals surface area contributed by atoms with Gasteiger partial charge in [-0.25, -0.2) is 0 Å². The summed E-state index contributed by atoms with van der Waals surface area (Å²) in [5.74, 6) is 11.6. The SMILES string of the molecule is CC[C@@H](O)C#CC#CC[C@@H]1OC(C)(C)O[C@H]1CC1CCCCC1. The van der Waals surface area contributed by atoms with Gasteiger partial charge in [-0.2, -0.15) is 0 Å². The second-order valence-electron chi connectivity index (χ2n) is 7.15. The van der Waals surface area contributed by atoms with E-state index in [0.29, 0.717) is 12.8 Å². The molecule has 1 aliphatic heterocycles. The molecule has 1 saturated carbocycles. The second kappa shape index (κ2) is 8.74. The van der Waals surface area contributed by atoms with E-state index < -0.39 is 11.9 Å². The van der Waals surface area contributed by atoms with Gasteiger partial charge in [0.25, 0.3) is 0 Å². The minimum absolute atomic E-state index is 0.0253. The van der Waals surface area contributed by atoms with Crippen LogP contribution in [0.3, 0.4) is 0 Å². The van der Waals surface area contributed by atoms with Crippen LogP contribution in [0.1, 0.15) is 72.1 Å². The fourth-order valence-corrected chi connectivity index (χ4v) is 3.45. The zero-order chi connectivity index (χ0) is 16.7. The standard InChI is InChI=1S/C20H30O3/c1-4-17(21)13-9-6-10-14-18-19(23-20(2,3)22-18)15-16-11-7-5-8-12-16/h16-19,21H,4-5,7-8,11-12,14-15H2,1-3H3/t17-,18+,19+/m1/s1. The van der Waals surface area contributed by atoms with Crippen LogP contribution in [0.2, 0.25) is 0 Å². The lowest BCUT2D eigenvalue weighted by molar-refractivity contribution is -0.147. The predicted molar refractivity (Wildman–Crippen MR) is 91.5 cm³/mol. The van der Waals surface area contributed by atoms with Crippen LogP contribution in [0, 0.1) is 29.6 Å². The summed E-state index contributed by atoms with van der Waals surface area (Å²) >= 11 is 0. The summed E-state index contributed by atoms with van der Waals surface area (Å²) in [5, 5.41) is 9.38. The van der Waals surface area contributed by atoms with E-state index in [1.165, 1.54) is 32.1 Å². The Morgan fingerprint density at radius 3 is 2.48 bits per heavy atom. The number of hydrogen-bond donors (Lipinski definition) is 1. The Morgan fingerprint density at radius 2 is 1.78 bits per heavy atom. The summed E-state index contributed by atoms with van der Waals surface area (Å²) in [6, 6.07) is 0. The fraction of sp³-hybridized carbons (Fsp3) is 0.800. The lowest BCUT2D eigenvalue weighted by Crippen LogP contribution is -2.26. The van der Waals surface area contributed by atoms with Gasteiger partial charge in [0.15, 0.2) is 5.79 Å². The molecule has 1 aliphatic carbocycles. The molecule has 2 fully saturated rings. The van der Waals surface area contributed by atoms with E-state index in [1.807, 2.05) is 20.8 Å². The second-order valence-corrected chi connectivity index (χ2v) is 7.15. The first-order valence-corrected chi connectivity index (χ1v) is 9.02. The molecule has 0 amide bonds. The van der Waals surface area contributed by atoms with Crippen molar-refractivity contribution in [3.8, 4) is 23.7 Å². The van der Waals surface area contributed by atoms with E-state index in [9.17, 15) is 5.11 Å². The number of aliphatic hydroxyl groups excluding tert-OH is 1. The molecule has 0 radical (unpaired) electrons. The van der Waals surface area contributed by atoms with Gasteiger partial charge in [0.1, 0.15) is 6.10 Å². The number of ether oxygens (including phenoxy) is 2.